The summed E-state index contributed by atoms with van der Waals surface area (Å²) in [6.07, 6.45) is 14.8. The molecule has 0 saturated carbocycles. The Morgan fingerprint density at radius 2 is 1.00 bits per heavy atom. The second kappa shape index (κ2) is 12.3. The molecule has 3 aromatic rings. The molecule has 0 spiro atoms. The van der Waals surface area contributed by atoms with E-state index in [1.54, 1.807) is 0 Å². The monoisotopic (exact) mass is 399 g/mol. The van der Waals surface area contributed by atoms with Gasteiger partial charge in [-0.1, -0.05) is 107 Å². The molecule has 0 aliphatic rings. The van der Waals surface area contributed by atoms with Crippen molar-refractivity contribution in [1.29, 1.82) is 0 Å². The van der Waals surface area contributed by atoms with E-state index in [-0.39, 0.29) is 0 Å². The van der Waals surface area contributed by atoms with E-state index in [2.05, 4.69) is 79.5 Å². The van der Waals surface area contributed by atoms with Crippen molar-refractivity contribution in [2.45, 2.75) is 78.1 Å². The first-order valence-electron chi connectivity index (χ1n) is 11.9. The second-order valence-corrected chi connectivity index (χ2v) is 8.43. The summed E-state index contributed by atoms with van der Waals surface area (Å²) in [5, 5.41) is 0. The normalized spacial score (nSPS) is 11.0. The third-order valence-electron chi connectivity index (χ3n) is 5.94. The standard InChI is InChI=1S/C29H37N/c1-3-5-7-9-11-24-13-15-25(16-14-24)26-17-19-27(20-18-26)28-21-22-29(30-23-28)12-10-8-6-4-2/h13-23H,3-12H2,1-2H3. The fraction of sp³-hybridized carbons (Fsp3) is 0.414. The summed E-state index contributed by atoms with van der Waals surface area (Å²) in [7, 11) is 0. The van der Waals surface area contributed by atoms with Crippen LogP contribution in [0.15, 0.2) is 66.9 Å². The maximum absolute atomic E-state index is 4.68. The fourth-order valence-electron chi connectivity index (χ4n) is 3.95. The maximum atomic E-state index is 4.68. The smallest absolute Gasteiger partial charge is 0.0404 e. The van der Waals surface area contributed by atoms with Crippen LogP contribution in [0.5, 0.6) is 0 Å². The molecule has 0 atom stereocenters. The van der Waals surface area contributed by atoms with E-state index in [1.807, 2.05) is 6.20 Å². The van der Waals surface area contributed by atoms with Gasteiger partial charge in [0.05, 0.1) is 0 Å². The molecule has 0 radical (unpaired) electrons. The van der Waals surface area contributed by atoms with E-state index in [0.717, 1.165) is 6.42 Å². The molecule has 1 aromatic heterocycles. The van der Waals surface area contributed by atoms with Gasteiger partial charge in [-0.15, -0.1) is 0 Å². The van der Waals surface area contributed by atoms with Crippen LogP contribution in [0.4, 0.5) is 0 Å². The Bertz CT molecular complexity index is 770. The Morgan fingerprint density at radius 3 is 1.53 bits per heavy atom. The summed E-state index contributed by atoms with van der Waals surface area (Å²) < 4.78 is 0. The Labute approximate surface area is 183 Å². The number of nitrogens with zero attached hydrogens (tertiary/aromatic N) is 1. The lowest BCUT2D eigenvalue weighted by atomic mass is 9.99. The SMILES string of the molecule is CCCCCCc1ccc(-c2ccc(-c3ccc(CCCCCC)nc3)cc2)cc1. The molecule has 1 heteroatoms. The molecule has 2 aromatic carbocycles. The van der Waals surface area contributed by atoms with Crippen molar-refractivity contribution in [2.24, 2.45) is 0 Å². The van der Waals surface area contributed by atoms with Crippen LogP contribution >= 0.6 is 0 Å². The molecule has 0 saturated heterocycles. The summed E-state index contributed by atoms with van der Waals surface area (Å²) in [6, 6.07) is 22.4. The lowest BCUT2D eigenvalue weighted by molar-refractivity contribution is 0.661. The summed E-state index contributed by atoms with van der Waals surface area (Å²) >= 11 is 0. The first kappa shape index (κ1) is 22.3. The predicted octanol–water partition coefficient (Wildman–Crippen LogP) is 8.66. The van der Waals surface area contributed by atoms with Gasteiger partial charge in [0.15, 0.2) is 0 Å². The Kier molecular flexibility index (Phi) is 9.15. The van der Waals surface area contributed by atoms with Gasteiger partial charge in [-0.25, -0.2) is 0 Å². The van der Waals surface area contributed by atoms with Crippen LogP contribution in [0.3, 0.4) is 0 Å². The quantitative estimate of drug-likeness (QED) is 0.278. The maximum Gasteiger partial charge on any atom is 0.0404 e. The molecule has 0 fully saturated rings. The molecule has 0 unspecified atom stereocenters. The number of hydrogen-bond donors (Lipinski definition) is 0. The van der Waals surface area contributed by atoms with Crippen molar-refractivity contribution in [2.75, 3.05) is 0 Å². The zero-order valence-corrected chi connectivity index (χ0v) is 18.9. The Balaban J connectivity index is 1.56. The van der Waals surface area contributed by atoms with Gasteiger partial charge in [0, 0.05) is 17.5 Å². The van der Waals surface area contributed by atoms with Gasteiger partial charge in [-0.2, -0.15) is 0 Å². The number of hydrogen-bond acceptors (Lipinski definition) is 1. The molecule has 0 aliphatic carbocycles. The molecule has 0 aliphatic heterocycles. The van der Waals surface area contributed by atoms with Gasteiger partial charge in [-0.05, 0) is 54.0 Å². The fourth-order valence-corrected chi connectivity index (χ4v) is 3.95. The number of aromatic nitrogens is 1. The summed E-state index contributed by atoms with van der Waals surface area (Å²) in [5.41, 5.74) is 7.65. The van der Waals surface area contributed by atoms with Gasteiger partial charge in [0.1, 0.15) is 0 Å². The largest absolute Gasteiger partial charge is 0.261 e. The highest BCUT2D eigenvalue weighted by Gasteiger charge is 2.03. The molecule has 3 rings (SSSR count). The van der Waals surface area contributed by atoms with Crippen molar-refractivity contribution >= 4 is 0 Å². The molecule has 158 valence electrons. The molecular formula is C29H37N. The van der Waals surface area contributed by atoms with Crippen LogP contribution in [0, 0.1) is 0 Å². The van der Waals surface area contributed by atoms with Crippen LogP contribution in [-0.4, -0.2) is 4.98 Å². The van der Waals surface area contributed by atoms with Gasteiger partial charge >= 0.3 is 0 Å². The van der Waals surface area contributed by atoms with Crippen molar-refractivity contribution in [3.05, 3.63) is 78.1 Å². The highest BCUT2D eigenvalue weighted by molar-refractivity contribution is 5.70. The van der Waals surface area contributed by atoms with Gasteiger partial charge in [0.25, 0.3) is 0 Å². The lowest BCUT2D eigenvalue weighted by Crippen LogP contribution is -1.91. The van der Waals surface area contributed by atoms with Crippen molar-refractivity contribution in [3.63, 3.8) is 0 Å². The first-order valence-corrected chi connectivity index (χ1v) is 11.9. The van der Waals surface area contributed by atoms with Crippen molar-refractivity contribution in [3.8, 4) is 22.3 Å². The van der Waals surface area contributed by atoms with E-state index in [4.69, 9.17) is 0 Å². The third kappa shape index (κ3) is 6.83. The van der Waals surface area contributed by atoms with E-state index in [1.165, 1.54) is 91.3 Å². The number of pyridine rings is 1. The number of aryl methyl sites for hydroxylation is 2. The Morgan fingerprint density at radius 1 is 0.500 bits per heavy atom. The third-order valence-corrected chi connectivity index (χ3v) is 5.94. The average molecular weight is 400 g/mol. The minimum absolute atomic E-state index is 1.09. The molecular weight excluding hydrogens is 362 g/mol. The highest BCUT2D eigenvalue weighted by atomic mass is 14.7. The van der Waals surface area contributed by atoms with Crippen LogP contribution < -0.4 is 0 Å². The average Bonchev–Trinajstić information content (AvgIpc) is 2.81. The van der Waals surface area contributed by atoms with Crippen LogP contribution in [0.25, 0.3) is 22.3 Å². The van der Waals surface area contributed by atoms with Gasteiger partial charge in [-0.3, -0.25) is 4.98 Å². The zero-order chi connectivity index (χ0) is 21.0. The highest BCUT2D eigenvalue weighted by Crippen LogP contribution is 2.25. The van der Waals surface area contributed by atoms with Gasteiger partial charge in [0.2, 0.25) is 0 Å². The van der Waals surface area contributed by atoms with E-state index in [0.29, 0.717) is 0 Å². The summed E-state index contributed by atoms with van der Waals surface area (Å²) in [4.78, 5) is 4.68. The molecule has 30 heavy (non-hydrogen) atoms. The van der Waals surface area contributed by atoms with Crippen molar-refractivity contribution < 1.29 is 0 Å². The number of benzene rings is 2. The predicted molar refractivity (Wildman–Crippen MR) is 131 cm³/mol. The molecule has 1 nitrogen and oxygen atoms in total. The second-order valence-electron chi connectivity index (χ2n) is 8.43. The Hall–Kier alpha value is -2.41. The van der Waals surface area contributed by atoms with Crippen LogP contribution in [0.2, 0.25) is 0 Å². The number of unbranched alkanes of at least 4 members (excludes halogenated alkanes) is 6. The molecule has 0 amide bonds. The topological polar surface area (TPSA) is 12.9 Å². The lowest BCUT2D eigenvalue weighted by Gasteiger charge is -2.07. The van der Waals surface area contributed by atoms with Gasteiger partial charge < -0.3 is 0 Å². The summed E-state index contributed by atoms with van der Waals surface area (Å²) in [6.45, 7) is 4.52. The van der Waals surface area contributed by atoms with E-state index in [9.17, 15) is 0 Å². The van der Waals surface area contributed by atoms with Crippen LogP contribution in [-0.2, 0) is 12.8 Å². The minimum atomic E-state index is 1.09. The molecule has 1 heterocycles. The number of rotatable bonds is 12. The first-order chi connectivity index (χ1) is 14.8. The van der Waals surface area contributed by atoms with E-state index < -0.39 is 0 Å². The minimum Gasteiger partial charge on any atom is -0.261 e. The zero-order valence-electron chi connectivity index (χ0n) is 18.9. The summed E-state index contributed by atoms with van der Waals surface area (Å²) in [5.74, 6) is 0. The molecule has 0 N–H and O–H groups in total. The van der Waals surface area contributed by atoms with Crippen LogP contribution in [0.1, 0.15) is 76.5 Å². The van der Waals surface area contributed by atoms with Crippen molar-refractivity contribution in [1.82, 2.24) is 4.98 Å². The van der Waals surface area contributed by atoms with E-state index >= 15 is 0 Å². The molecule has 0 bridgehead atoms.